The van der Waals surface area contributed by atoms with Crippen molar-refractivity contribution in [2.45, 2.75) is 13.3 Å². The zero-order valence-corrected chi connectivity index (χ0v) is 9.73. The predicted molar refractivity (Wildman–Crippen MR) is 64.6 cm³/mol. The summed E-state index contributed by atoms with van der Waals surface area (Å²) in [6.07, 6.45) is 1.12. The average molecular weight is 213 g/mol. The first kappa shape index (κ1) is 11.2. The fraction of sp³-hybridized carbons (Fsp3) is 0.455. The van der Waals surface area contributed by atoms with Crippen LogP contribution < -0.4 is 10.2 Å². The Morgan fingerprint density at radius 1 is 1.36 bits per heavy atom. The summed E-state index contributed by atoms with van der Waals surface area (Å²) >= 11 is 6.12. The van der Waals surface area contributed by atoms with E-state index < -0.39 is 0 Å². The van der Waals surface area contributed by atoms with Gasteiger partial charge in [0.05, 0.1) is 10.7 Å². The third-order valence-corrected chi connectivity index (χ3v) is 2.31. The van der Waals surface area contributed by atoms with Crippen LogP contribution in [-0.4, -0.2) is 20.6 Å². The number of halogens is 1. The quantitative estimate of drug-likeness (QED) is 0.825. The second-order valence-electron chi connectivity index (χ2n) is 3.49. The third-order valence-electron chi connectivity index (χ3n) is 2.01. The SMILES string of the molecule is CCCNc1ccc(N(C)C)c(Cl)c1. The monoisotopic (exact) mass is 212 g/mol. The zero-order chi connectivity index (χ0) is 10.6. The summed E-state index contributed by atoms with van der Waals surface area (Å²) in [5, 5.41) is 4.09. The number of benzene rings is 1. The van der Waals surface area contributed by atoms with Gasteiger partial charge in [-0.1, -0.05) is 18.5 Å². The Morgan fingerprint density at radius 3 is 2.57 bits per heavy atom. The molecule has 0 unspecified atom stereocenters. The Bertz CT molecular complexity index is 297. The number of nitrogens with one attached hydrogen (secondary N) is 1. The van der Waals surface area contributed by atoms with Crippen LogP contribution in [0.3, 0.4) is 0 Å². The topological polar surface area (TPSA) is 15.3 Å². The molecule has 0 saturated heterocycles. The summed E-state index contributed by atoms with van der Waals surface area (Å²) in [6.45, 7) is 3.13. The summed E-state index contributed by atoms with van der Waals surface area (Å²) in [5.41, 5.74) is 2.14. The van der Waals surface area contributed by atoms with E-state index in [0.29, 0.717) is 0 Å². The molecular weight excluding hydrogens is 196 g/mol. The number of nitrogens with zero attached hydrogens (tertiary/aromatic N) is 1. The standard InChI is InChI=1S/C11H17ClN2/c1-4-7-13-9-5-6-11(14(2)3)10(12)8-9/h5-6,8,13H,4,7H2,1-3H3. The highest BCUT2D eigenvalue weighted by Crippen LogP contribution is 2.27. The van der Waals surface area contributed by atoms with Crippen molar-refractivity contribution in [1.82, 2.24) is 0 Å². The van der Waals surface area contributed by atoms with Crippen molar-refractivity contribution in [3.63, 3.8) is 0 Å². The molecule has 0 aliphatic heterocycles. The Kier molecular flexibility index (Phi) is 4.08. The van der Waals surface area contributed by atoms with Crippen LogP contribution in [0.4, 0.5) is 11.4 Å². The maximum absolute atomic E-state index is 6.12. The first-order valence-corrected chi connectivity index (χ1v) is 5.23. The van der Waals surface area contributed by atoms with Gasteiger partial charge in [0, 0.05) is 26.3 Å². The molecule has 0 bridgehead atoms. The fourth-order valence-electron chi connectivity index (χ4n) is 1.25. The van der Waals surface area contributed by atoms with Gasteiger partial charge in [0.1, 0.15) is 0 Å². The van der Waals surface area contributed by atoms with Gasteiger partial charge in [0.2, 0.25) is 0 Å². The molecule has 78 valence electrons. The molecule has 0 radical (unpaired) electrons. The van der Waals surface area contributed by atoms with E-state index in [-0.39, 0.29) is 0 Å². The smallest absolute Gasteiger partial charge is 0.0659 e. The molecule has 0 atom stereocenters. The Labute approximate surface area is 90.9 Å². The molecule has 0 amide bonds. The van der Waals surface area contributed by atoms with Crippen LogP contribution in [0.25, 0.3) is 0 Å². The van der Waals surface area contributed by atoms with E-state index in [4.69, 9.17) is 11.6 Å². The average Bonchev–Trinajstić information content (AvgIpc) is 2.14. The van der Waals surface area contributed by atoms with Crippen molar-refractivity contribution >= 4 is 23.0 Å². The third kappa shape index (κ3) is 2.81. The highest BCUT2D eigenvalue weighted by atomic mass is 35.5. The second kappa shape index (κ2) is 5.11. The maximum Gasteiger partial charge on any atom is 0.0659 e. The van der Waals surface area contributed by atoms with Gasteiger partial charge in [-0.25, -0.2) is 0 Å². The van der Waals surface area contributed by atoms with E-state index in [1.165, 1.54) is 0 Å². The van der Waals surface area contributed by atoms with Crippen molar-refractivity contribution in [2.24, 2.45) is 0 Å². The molecule has 1 aromatic carbocycles. The highest BCUT2D eigenvalue weighted by Gasteiger charge is 2.02. The Morgan fingerprint density at radius 2 is 2.07 bits per heavy atom. The lowest BCUT2D eigenvalue weighted by atomic mass is 10.2. The normalized spacial score (nSPS) is 10.0. The van der Waals surface area contributed by atoms with Crippen molar-refractivity contribution in [3.05, 3.63) is 23.2 Å². The van der Waals surface area contributed by atoms with Crippen LogP contribution in [0.2, 0.25) is 5.02 Å². The lowest BCUT2D eigenvalue weighted by molar-refractivity contribution is 0.979. The molecule has 0 aliphatic carbocycles. The van der Waals surface area contributed by atoms with E-state index >= 15 is 0 Å². The van der Waals surface area contributed by atoms with Gasteiger partial charge >= 0.3 is 0 Å². The molecule has 1 rings (SSSR count). The molecule has 14 heavy (non-hydrogen) atoms. The van der Waals surface area contributed by atoms with Gasteiger partial charge in [-0.3, -0.25) is 0 Å². The lowest BCUT2D eigenvalue weighted by Gasteiger charge is -2.15. The van der Waals surface area contributed by atoms with Crippen molar-refractivity contribution < 1.29 is 0 Å². The number of anilines is 2. The summed E-state index contributed by atoms with van der Waals surface area (Å²) in [4.78, 5) is 2.01. The van der Waals surface area contributed by atoms with Gasteiger partial charge in [-0.15, -0.1) is 0 Å². The minimum atomic E-state index is 0.788. The van der Waals surface area contributed by atoms with Crippen LogP contribution in [0, 0.1) is 0 Å². The second-order valence-corrected chi connectivity index (χ2v) is 3.89. The van der Waals surface area contributed by atoms with Crippen molar-refractivity contribution in [1.29, 1.82) is 0 Å². The van der Waals surface area contributed by atoms with Gasteiger partial charge in [-0.05, 0) is 24.6 Å². The zero-order valence-electron chi connectivity index (χ0n) is 8.97. The van der Waals surface area contributed by atoms with Crippen LogP contribution in [0.15, 0.2) is 18.2 Å². The number of hydrogen-bond donors (Lipinski definition) is 1. The summed E-state index contributed by atoms with van der Waals surface area (Å²) in [6, 6.07) is 6.05. The molecule has 0 aromatic heterocycles. The van der Waals surface area contributed by atoms with Gasteiger partial charge in [-0.2, -0.15) is 0 Å². The molecule has 0 heterocycles. The maximum atomic E-state index is 6.12. The highest BCUT2D eigenvalue weighted by molar-refractivity contribution is 6.33. The van der Waals surface area contributed by atoms with Crippen LogP contribution in [-0.2, 0) is 0 Å². The van der Waals surface area contributed by atoms with Gasteiger partial charge < -0.3 is 10.2 Å². The molecule has 1 N–H and O–H groups in total. The molecule has 0 saturated carbocycles. The minimum Gasteiger partial charge on any atom is -0.385 e. The number of rotatable bonds is 4. The predicted octanol–water partition coefficient (Wildman–Crippen LogP) is 3.23. The van der Waals surface area contributed by atoms with Crippen LogP contribution in [0.1, 0.15) is 13.3 Å². The lowest BCUT2D eigenvalue weighted by Crippen LogP contribution is -2.09. The first-order chi connectivity index (χ1) is 6.65. The summed E-state index contributed by atoms with van der Waals surface area (Å²) in [7, 11) is 3.97. The van der Waals surface area contributed by atoms with E-state index in [1.54, 1.807) is 0 Å². The molecule has 0 spiro atoms. The molecule has 1 aromatic rings. The largest absolute Gasteiger partial charge is 0.385 e. The minimum absolute atomic E-state index is 0.788. The van der Waals surface area contributed by atoms with E-state index in [9.17, 15) is 0 Å². The van der Waals surface area contributed by atoms with E-state index in [2.05, 4.69) is 18.3 Å². The summed E-state index contributed by atoms with van der Waals surface area (Å²) in [5.74, 6) is 0. The number of hydrogen-bond acceptors (Lipinski definition) is 2. The van der Waals surface area contributed by atoms with Crippen LogP contribution in [0.5, 0.6) is 0 Å². The fourth-order valence-corrected chi connectivity index (χ4v) is 1.60. The van der Waals surface area contributed by atoms with E-state index in [0.717, 1.165) is 29.4 Å². The summed E-state index contributed by atoms with van der Waals surface area (Å²) < 4.78 is 0. The molecular formula is C11H17ClN2. The first-order valence-electron chi connectivity index (χ1n) is 4.86. The molecule has 0 aliphatic rings. The van der Waals surface area contributed by atoms with E-state index in [1.807, 2.05) is 31.1 Å². The van der Waals surface area contributed by atoms with Crippen molar-refractivity contribution in [2.75, 3.05) is 30.9 Å². The Balaban J connectivity index is 2.78. The Hall–Kier alpha value is -0.890. The van der Waals surface area contributed by atoms with Crippen LogP contribution >= 0.6 is 11.6 Å². The van der Waals surface area contributed by atoms with Crippen molar-refractivity contribution in [3.8, 4) is 0 Å². The molecule has 3 heteroatoms. The molecule has 2 nitrogen and oxygen atoms in total. The van der Waals surface area contributed by atoms with Gasteiger partial charge in [0.15, 0.2) is 0 Å². The van der Waals surface area contributed by atoms with Gasteiger partial charge in [0.25, 0.3) is 0 Å². The molecule has 0 fully saturated rings.